The number of aromatic nitrogens is 1. The summed E-state index contributed by atoms with van der Waals surface area (Å²) < 4.78 is 62.8. The molecule has 0 radical (unpaired) electrons. The van der Waals surface area contributed by atoms with Crippen molar-refractivity contribution < 1.29 is 22.3 Å². The first-order chi connectivity index (χ1) is 11.8. The molecule has 0 bridgehead atoms. The Morgan fingerprint density at radius 1 is 1.24 bits per heavy atom. The van der Waals surface area contributed by atoms with E-state index < -0.39 is 23.7 Å². The first kappa shape index (κ1) is 16.3. The summed E-state index contributed by atoms with van der Waals surface area (Å²) in [5.41, 5.74) is -3.02. The maximum Gasteiger partial charge on any atom is 0.426 e. The number of halogens is 4. The highest BCUT2D eigenvalue weighted by Gasteiger charge is 2.63. The highest BCUT2D eigenvalue weighted by atomic mass is 19.4. The second kappa shape index (κ2) is 5.42. The van der Waals surface area contributed by atoms with Gasteiger partial charge in [-0.2, -0.15) is 13.2 Å². The van der Waals surface area contributed by atoms with Gasteiger partial charge in [-0.05, 0) is 49.9 Å². The lowest BCUT2D eigenvalue weighted by Gasteiger charge is -2.42. The van der Waals surface area contributed by atoms with E-state index in [0.717, 1.165) is 25.0 Å². The van der Waals surface area contributed by atoms with Gasteiger partial charge in [-0.1, -0.05) is 6.07 Å². The van der Waals surface area contributed by atoms with Crippen molar-refractivity contribution in [2.24, 2.45) is 5.92 Å². The van der Waals surface area contributed by atoms with Crippen LogP contribution < -0.4 is 5.32 Å². The van der Waals surface area contributed by atoms with Crippen LogP contribution in [0.2, 0.25) is 0 Å². The van der Waals surface area contributed by atoms with Crippen LogP contribution in [-0.2, 0) is 10.3 Å². The second-order valence-electron chi connectivity index (χ2n) is 6.55. The van der Waals surface area contributed by atoms with Crippen molar-refractivity contribution in [2.45, 2.75) is 37.6 Å². The van der Waals surface area contributed by atoms with Gasteiger partial charge in [0.1, 0.15) is 11.6 Å². The van der Waals surface area contributed by atoms with E-state index in [-0.39, 0.29) is 28.6 Å². The number of rotatable bonds is 3. The van der Waals surface area contributed by atoms with Crippen LogP contribution in [0, 0.1) is 11.7 Å². The number of fused-ring (bicyclic) bond motifs is 2. The smallest absolute Gasteiger partial charge is 0.353 e. The van der Waals surface area contributed by atoms with Crippen LogP contribution in [0.4, 0.5) is 29.1 Å². The van der Waals surface area contributed by atoms with Crippen LogP contribution in [0.15, 0.2) is 36.5 Å². The fourth-order valence-corrected chi connectivity index (χ4v) is 3.42. The van der Waals surface area contributed by atoms with Gasteiger partial charge in [-0.3, -0.25) is 0 Å². The van der Waals surface area contributed by atoms with Gasteiger partial charge >= 0.3 is 6.18 Å². The number of hydrogen-bond donors (Lipinski definition) is 1. The summed E-state index contributed by atoms with van der Waals surface area (Å²) in [5.74, 6) is -0.586. The van der Waals surface area contributed by atoms with Crippen molar-refractivity contribution in [1.82, 2.24) is 4.98 Å². The van der Waals surface area contributed by atoms with Crippen LogP contribution in [0.25, 0.3) is 0 Å². The van der Waals surface area contributed by atoms with Gasteiger partial charge in [0.25, 0.3) is 0 Å². The highest BCUT2D eigenvalue weighted by molar-refractivity contribution is 5.73. The molecule has 2 aromatic rings. The van der Waals surface area contributed by atoms with E-state index in [1.54, 1.807) is 6.92 Å². The molecule has 0 amide bonds. The Bertz CT molecular complexity index is 819. The lowest BCUT2D eigenvalue weighted by Crippen LogP contribution is -2.50. The predicted octanol–water partition coefficient (Wildman–Crippen LogP) is 4.90. The third-order valence-electron chi connectivity index (χ3n) is 4.85. The van der Waals surface area contributed by atoms with Crippen LogP contribution in [0.5, 0.6) is 0 Å². The summed E-state index contributed by atoms with van der Waals surface area (Å²) in [7, 11) is 0. The fourth-order valence-electron chi connectivity index (χ4n) is 3.42. The molecule has 25 heavy (non-hydrogen) atoms. The molecule has 1 aliphatic carbocycles. The summed E-state index contributed by atoms with van der Waals surface area (Å²) in [5, 5.41) is 2.85. The van der Waals surface area contributed by atoms with Gasteiger partial charge in [0.15, 0.2) is 0 Å². The standard InChI is InChI=1S/C18H16F4N2O/c1-10(11-4-5-11)25-17(18(20,21)22)13-3-2-8-23-16(13)24-15-7-6-12(19)9-14(15)17/h2-3,6-11H,4-5H2,1H3,(H,23,24). The molecule has 2 heterocycles. The van der Waals surface area contributed by atoms with E-state index in [1.807, 2.05) is 0 Å². The lowest BCUT2D eigenvalue weighted by atomic mass is 9.81. The third kappa shape index (κ3) is 2.49. The molecule has 0 spiro atoms. The maximum atomic E-state index is 14.4. The zero-order chi connectivity index (χ0) is 17.8. The van der Waals surface area contributed by atoms with Gasteiger partial charge in [0.2, 0.25) is 5.60 Å². The summed E-state index contributed by atoms with van der Waals surface area (Å²) in [6, 6.07) is 6.05. The van der Waals surface area contributed by atoms with Gasteiger partial charge in [-0.15, -0.1) is 0 Å². The Morgan fingerprint density at radius 3 is 2.68 bits per heavy atom. The Hall–Kier alpha value is -2.15. The monoisotopic (exact) mass is 352 g/mol. The number of nitrogens with zero attached hydrogens (tertiary/aromatic N) is 1. The molecular formula is C18H16F4N2O. The second-order valence-corrected chi connectivity index (χ2v) is 6.55. The molecule has 0 saturated heterocycles. The van der Waals surface area contributed by atoms with Gasteiger partial charge in [0, 0.05) is 23.0 Å². The zero-order valence-electron chi connectivity index (χ0n) is 13.4. The number of anilines is 2. The molecule has 7 heteroatoms. The summed E-state index contributed by atoms with van der Waals surface area (Å²) in [4.78, 5) is 4.03. The summed E-state index contributed by atoms with van der Waals surface area (Å²) in [6.45, 7) is 1.64. The maximum absolute atomic E-state index is 14.4. The molecule has 1 aromatic heterocycles. The normalized spacial score (nSPS) is 23.4. The van der Waals surface area contributed by atoms with Gasteiger partial charge in [-0.25, -0.2) is 9.37 Å². The molecule has 132 valence electrons. The quantitative estimate of drug-likeness (QED) is 0.798. The van der Waals surface area contributed by atoms with E-state index in [1.165, 1.54) is 24.4 Å². The van der Waals surface area contributed by atoms with E-state index >= 15 is 0 Å². The van der Waals surface area contributed by atoms with Crippen molar-refractivity contribution in [2.75, 3.05) is 5.32 Å². The lowest BCUT2D eigenvalue weighted by molar-refractivity contribution is -0.280. The van der Waals surface area contributed by atoms with Crippen molar-refractivity contribution in [1.29, 1.82) is 0 Å². The van der Waals surface area contributed by atoms with Gasteiger partial charge in [0.05, 0.1) is 6.10 Å². The highest BCUT2D eigenvalue weighted by Crippen LogP contribution is 2.56. The minimum Gasteiger partial charge on any atom is -0.353 e. The SMILES string of the molecule is CC(OC1(C(F)(F)F)c2cc(F)ccc2Nc2ncccc21)C1CC1. The minimum absolute atomic E-state index is 0.0712. The largest absolute Gasteiger partial charge is 0.426 e. The number of hydrogen-bond acceptors (Lipinski definition) is 3. The Labute approximate surface area is 142 Å². The average Bonchev–Trinajstić information content (AvgIpc) is 3.39. The molecule has 2 atom stereocenters. The van der Waals surface area contributed by atoms with E-state index in [4.69, 9.17) is 4.74 Å². The van der Waals surface area contributed by atoms with Crippen molar-refractivity contribution in [3.63, 3.8) is 0 Å². The number of alkyl halides is 3. The third-order valence-corrected chi connectivity index (χ3v) is 4.85. The molecule has 2 unspecified atom stereocenters. The Kier molecular flexibility index (Phi) is 3.54. The van der Waals surface area contributed by atoms with Crippen molar-refractivity contribution in [3.8, 4) is 0 Å². The van der Waals surface area contributed by atoms with Gasteiger partial charge < -0.3 is 10.1 Å². The molecule has 1 aliphatic heterocycles. The van der Waals surface area contributed by atoms with E-state index in [0.29, 0.717) is 0 Å². The number of nitrogens with one attached hydrogen (secondary N) is 1. The molecule has 1 N–H and O–H groups in total. The fraction of sp³-hybridized carbons (Fsp3) is 0.389. The first-order valence-electron chi connectivity index (χ1n) is 8.10. The molecule has 1 aromatic carbocycles. The summed E-state index contributed by atoms with van der Waals surface area (Å²) >= 11 is 0. The molecule has 1 saturated carbocycles. The van der Waals surface area contributed by atoms with E-state index in [2.05, 4.69) is 10.3 Å². The van der Waals surface area contributed by atoms with Crippen molar-refractivity contribution >= 4 is 11.5 Å². The molecule has 4 rings (SSSR count). The Balaban J connectivity index is 1.99. The topological polar surface area (TPSA) is 34.1 Å². The molecule has 1 fully saturated rings. The van der Waals surface area contributed by atoms with Crippen LogP contribution >= 0.6 is 0 Å². The number of pyridine rings is 1. The first-order valence-corrected chi connectivity index (χ1v) is 8.10. The number of ether oxygens (including phenoxy) is 1. The minimum atomic E-state index is -4.78. The predicted molar refractivity (Wildman–Crippen MR) is 84.0 cm³/mol. The van der Waals surface area contributed by atoms with Crippen molar-refractivity contribution in [3.05, 3.63) is 53.5 Å². The van der Waals surface area contributed by atoms with Crippen LogP contribution in [0.3, 0.4) is 0 Å². The average molecular weight is 352 g/mol. The zero-order valence-corrected chi connectivity index (χ0v) is 13.4. The molecular weight excluding hydrogens is 336 g/mol. The molecule has 3 nitrogen and oxygen atoms in total. The van der Waals surface area contributed by atoms with Crippen LogP contribution in [-0.4, -0.2) is 17.3 Å². The van der Waals surface area contributed by atoms with Crippen LogP contribution in [0.1, 0.15) is 30.9 Å². The molecule has 2 aliphatic rings. The Morgan fingerprint density at radius 2 is 2.00 bits per heavy atom. The summed E-state index contributed by atoms with van der Waals surface area (Å²) in [6.07, 6.45) is -2.31. The van der Waals surface area contributed by atoms with E-state index in [9.17, 15) is 17.6 Å². The number of benzene rings is 1.